The first-order chi connectivity index (χ1) is 7.43. The van der Waals surface area contributed by atoms with E-state index in [0.29, 0.717) is 11.5 Å². The third-order valence-electron chi connectivity index (χ3n) is 3.78. The van der Waals surface area contributed by atoms with E-state index in [1.807, 2.05) is 0 Å². The summed E-state index contributed by atoms with van der Waals surface area (Å²) in [6, 6.07) is 0.600. The molecule has 0 spiro atoms. The third-order valence-corrected chi connectivity index (χ3v) is 3.78. The van der Waals surface area contributed by atoms with Crippen molar-refractivity contribution in [3.8, 4) is 0 Å². The van der Waals surface area contributed by atoms with Crippen molar-refractivity contribution in [1.82, 2.24) is 10.2 Å². The van der Waals surface area contributed by atoms with Crippen LogP contribution in [0, 0.1) is 11.3 Å². The number of nitrogens with zero attached hydrogens (tertiary/aromatic N) is 1. The molecule has 1 atom stereocenters. The molecule has 2 heteroatoms. The Hall–Kier alpha value is -0.0800. The van der Waals surface area contributed by atoms with Crippen molar-refractivity contribution in [2.75, 3.05) is 26.7 Å². The highest BCUT2D eigenvalue weighted by atomic mass is 15.1. The van der Waals surface area contributed by atoms with Crippen LogP contribution in [-0.4, -0.2) is 37.6 Å². The number of hydrogen-bond acceptors (Lipinski definition) is 2. The van der Waals surface area contributed by atoms with Crippen molar-refractivity contribution in [3.05, 3.63) is 0 Å². The minimum Gasteiger partial charge on any atom is -0.312 e. The first kappa shape index (κ1) is 14.0. The molecule has 0 bridgehead atoms. The molecule has 1 saturated carbocycles. The van der Waals surface area contributed by atoms with Crippen molar-refractivity contribution in [2.24, 2.45) is 11.3 Å². The maximum Gasteiger partial charge on any atom is 0.0243 e. The normalized spacial score (nSPS) is 19.9. The van der Waals surface area contributed by atoms with E-state index in [2.05, 4.69) is 45.0 Å². The molecular weight excluding hydrogens is 196 g/mol. The number of hydrogen-bond donors (Lipinski definition) is 1. The van der Waals surface area contributed by atoms with E-state index in [0.717, 1.165) is 12.5 Å². The van der Waals surface area contributed by atoms with Crippen LogP contribution in [0.2, 0.25) is 0 Å². The van der Waals surface area contributed by atoms with Gasteiger partial charge in [0, 0.05) is 19.1 Å². The fourth-order valence-electron chi connectivity index (χ4n) is 2.39. The topological polar surface area (TPSA) is 15.3 Å². The Morgan fingerprint density at radius 2 is 1.94 bits per heavy atom. The summed E-state index contributed by atoms with van der Waals surface area (Å²) in [5, 5.41) is 3.62. The Balaban J connectivity index is 2.34. The van der Waals surface area contributed by atoms with Crippen LogP contribution in [0.25, 0.3) is 0 Å². The van der Waals surface area contributed by atoms with Crippen molar-refractivity contribution >= 4 is 0 Å². The molecule has 1 unspecified atom stereocenters. The monoisotopic (exact) mass is 226 g/mol. The molecule has 0 aromatic heterocycles. The summed E-state index contributed by atoms with van der Waals surface area (Å²) < 4.78 is 0. The molecule has 1 aliphatic rings. The van der Waals surface area contributed by atoms with E-state index in [9.17, 15) is 0 Å². The molecule has 0 radical (unpaired) electrons. The van der Waals surface area contributed by atoms with Gasteiger partial charge >= 0.3 is 0 Å². The second-order valence-corrected chi connectivity index (χ2v) is 6.49. The Kier molecular flexibility index (Phi) is 5.26. The smallest absolute Gasteiger partial charge is 0.0243 e. The maximum atomic E-state index is 3.62. The standard InChI is InChI=1S/C14H30N2/c1-6-15-13(14(2,3)4)11-16(5)10-12-8-7-9-12/h12-13,15H,6-11H2,1-5H3. The Bertz CT molecular complexity index is 191. The minimum atomic E-state index is 0.351. The Morgan fingerprint density at radius 3 is 2.31 bits per heavy atom. The van der Waals surface area contributed by atoms with Gasteiger partial charge in [-0.3, -0.25) is 0 Å². The molecule has 0 aromatic rings. The van der Waals surface area contributed by atoms with E-state index in [4.69, 9.17) is 0 Å². The Morgan fingerprint density at radius 1 is 1.31 bits per heavy atom. The zero-order valence-electron chi connectivity index (χ0n) is 11.8. The van der Waals surface area contributed by atoms with Gasteiger partial charge in [0.25, 0.3) is 0 Å². The molecule has 96 valence electrons. The lowest BCUT2D eigenvalue weighted by Gasteiger charge is -2.37. The van der Waals surface area contributed by atoms with Gasteiger partial charge in [0.05, 0.1) is 0 Å². The Labute approximate surface area is 102 Å². The molecule has 0 saturated heterocycles. The summed E-state index contributed by atoms with van der Waals surface area (Å²) >= 11 is 0. The highest BCUT2D eigenvalue weighted by Gasteiger charge is 2.26. The van der Waals surface area contributed by atoms with Crippen LogP contribution in [-0.2, 0) is 0 Å². The van der Waals surface area contributed by atoms with E-state index in [-0.39, 0.29) is 0 Å². The van der Waals surface area contributed by atoms with Gasteiger partial charge in [-0.1, -0.05) is 34.1 Å². The molecular formula is C14H30N2. The predicted octanol–water partition coefficient (Wildman–Crippen LogP) is 2.74. The SMILES string of the molecule is CCNC(CN(C)CC1CCC1)C(C)(C)C. The van der Waals surface area contributed by atoms with Gasteiger partial charge in [-0.05, 0) is 37.8 Å². The van der Waals surface area contributed by atoms with Crippen LogP contribution in [0.1, 0.15) is 47.0 Å². The highest BCUT2D eigenvalue weighted by molar-refractivity contribution is 4.83. The van der Waals surface area contributed by atoms with E-state index in [1.54, 1.807) is 0 Å². The van der Waals surface area contributed by atoms with Gasteiger partial charge in [0.1, 0.15) is 0 Å². The van der Waals surface area contributed by atoms with E-state index < -0.39 is 0 Å². The number of rotatable bonds is 6. The van der Waals surface area contributed by atoms with Crippen LogP contribution in [0.15, 0.2) is 0 Å². The average Bonchev–Trinajstić information content (AvgIpc) is 2.09. The van der Waals surface area contributed by atoms with Crippen molar-refractivity contribution in [2.45, 2.75) is 53.0 Å². The first-order valence-electron chi connectivity index (χ1n) is 6.85. The van der Waals surface area contributed by atoms with Gasteiger partial charge < -0.3 is 10.2 Å². The molecule has 0 heterocycles. The molecule has 1 N–H and O–H groups in total. The summed E-state index contributed by atoms with van der Waals surface area (Å²) in [5.74, 6) is 0.979. The first-order valence-corrected chi connectivity index (χ1v) is 6.85. The quantitative estimate of drug-likeness (QED) is 0.749. The predicted molar refractivity (Wildman–Crippen MR) is 71.8 cm³/mol. The average molecular weight is 226 g/mol. The fourth-order valence-corrected chi connectivity index (χ4v) is 2.39. The lowest BCUT2D eigenvalue weighted by molar-refractivity contribution is 0.155. The summed E-state index contributed by atoms with van der Waals surface area (Å²) in [6.45, 7) is 12.7. The van der Waals surface area contributed by atoms with Crippen LogP contribution >= 0.6 is 0 Å². The molecule has 1 fully saturated rings. The second-order valence-electron chi connectivity index (χ2n) is 6.49. The largest absolute Gasteiger partial charge is 0.312 e. The zero-order chi connectivity index (χ0) is 12.2. The summed E-state index contributed by atoms with van der Waals surface area (Å²) in [6.07, 6.45) is 4.35. The molecule has 1 aliphatic carbocycles. The lowest BCUT2D eigenvalue weighted by Crippen LogP contribution is -2.48. The number of likely N-dealkylation sites (N-methyl/N-ethyl adjacent to an activating group) is 2. The maximum absolute atomic E-state index is 3.62. The van der Waals surface area contributed by atoms with Crippen molar-refractivity contribution in [3.63, 3.8) is 0 Å². The molecule has 0 aromatic carbocycles. The molecule has 0 aliphatic heterocycles. The summed E-state index contributed by atoms with van der Waals surface area (Å²) in [5.41, 5.74) is 0.351. The summed E-state index contributed by atoms with van der Waals surface area (Å²) in [4.78, 5) is 2.52. The number of nitrogens with one attached hydrogen (secondary N) is 1. The highest BCUT2D eigenvalue weighted by Crippen LogP contribution is 2.27. The van der Waals surface area contributed by atoms with Crippen LogP contribution < -0.4 is 5.32 Å². The summed E-state index contributed by atoms with van der Waals surface area (Å²) in [7, 11) is 2.27. The van der Waals surface area contributed by atoms with Crippen molar-refractivity contribution in [1.29, 1.82) is 0 Å². The zero-order valence-corrected chi connectivity index (χ0v) is 11.8. The molecule has 2 nitrogen and oxygen atoms in total. The molecule has 0 amide bonds. The van der Waals surface area contributed by atoms with Crippen LogP contribution in [0.3, 0.4) is 0 Å². The van der Waals surface area contributed by atoms with Crippen LogP contribution in [0.5, 0.6) is 0 Å². The minimum absolute atomic E-state index is 0.351. The fraction of sp³-hybridized carbons (Fsp3) is 1.00. The molecule has 16 heavy (non-hydrogen) atoms. The van der Waals surface area contributed by atoms with Gasteiger partial charge in [-0.2, -0.15) is 0 Å². The van der Waals surface area contributed by atoms with Crippen molar-refractivity contribution < 1.29 is 0 Å². The van der Waals surface area contributed by atoms with E-state index in [1.165, 1.54) is 32.4 Å². The van der Waals surface area contributed by atoms with Crippen LogP contribution in [0.4, 0.5) is 0 Å². The van der Waals surface area contributed by atoms with E-state index >= 15 is 0 Å². The van der Waals surface area contributed by atoms with Gasteiger partial charge in [0.2, 0.25) is 0 Å². The molecule has 1 rings (SSSR count). The van der Waals surface area contributed by atoms with Gasteiger partial charge in [-0.25, -0.2) is 0 Å². The second kappa shape index (κ2) is 6.02. The van der Waals surface area contributed by atoms with Gasteiger partial charge in [-0.15, -0.1) is 0 Å². The lowest BCUT2D eigenvalue weighted by atomic mass is 9.84. The van der Waals surface area contributed by atoms with Gasteiger partial charge in [0.15, 0.2) is 0 Å². The third kappa shape index (κ3) is 4.42.